The molecule has 0 aliphatic heterocycles. The van der Waals surface area contributed by atoms with Crippen molar-refractivity contribution < 1.29 is 24.5 Å². The van der Waals surface area contributed by atoms with Crippen molar-refractivity contribution in [3.05, 3.63) is 28.2 Å². The Labute approximate surface area is 107 Å². The molecule has 94 valence electrons. The molecule has 0 fully saturated rings. The van der Waals surface area contributed by atoms with Crippen LogP contribution in [-0.2, 0) is 4.79 Å². The molecule has 17 heavy (non-hydrogen) atoms. The monoisotopic (exact) mass is 304 g/mol. The molecule has 0 saturated heterocycles. The van der Waals surface area contributed by atoms with Gasteiger partial charge in [0.2, 0.25) is 0 Å². The minimum absolute atomic E-state index is 0.0271. The third-order valence-electron chi connectivity index (χ3n) is 1.53. The van der Waals surface area contributed by atoms with Crippen LogP contribution in [0.25, 0.3) is 0 Å². The van der Waals surface area contributed by atoms with Crippen LogP contribution in [0.3, 0.4) is 0 Å². The molecule has 0 radical (unpaired) electrons. The number of ether oxygens (including phenoxy) is 1. The maximum absolute atomic E-state index is 10.7. The third-order valence-corrected chi connectivity index (χ3v) is 2.02. The van der Waals surface area contributed by atoms with Gasteiger partial charge < -0.3 is 14.9 Å². The van der Waals surface area contributed by atoms with Crippen molar-refractivity contribution in [1.29, 1.82) is 0 Å². The molecule has 0 saturated carbocycles. The highest BCUT2D eigenvalue weighted by Crippen LogP contribution is 2.23. The fraction of sp³-hybridized carbons (Fsp3) is 0.273. The number of halogens is 1. The fourth-order valence-corrected chi connectivity index (χ4v) is 1.27. The highest BCUT2D eigenvalue weighted by atomic mass is 79.9. The van der Waals surface area contributed by atoms with E-state index in [0.717, 1.165) is 0 Å². The van der Waals surface area contributed by atoms with Crippen molar-refractivity contribution in [1.82, 2.24) is 0 Å². The summed E-state index contributed by atoms with van der Waals surface area (Å²) in [5.74, 6) is -2.30. The van der Waals surface area contributed by atoms with Gasteiger partial charge in [-0.05, 0) is 18.2 Å². The average molecular weight is 305 g/mol. The number of aliphatic carboxylic acids is 1. The van der Waals surface area contributed by atoms with Gasteiger partial charge in [-0.3, -0.25) is 0 Å². The van der Waals surface area contributed by atoms with Crippen LogP contribution in [-0.4, -0.2) is 28.8 Å². The predicted molar refractivity (Wildman–Crippen MR) is 65.6 cm³/mol. The van der Waals surface area contributed by atoms with E-state index in [1.165, 1.54) is 18.2 Å². The van der Waals surface area contributed by atoms with Gasteiger partial charge in [-0.1, -0.05) is 29.8 Å². The zero-order valence-electron chi connectivity index (χ0n) is 9.44. The molecule has 0 bridgehead atoms. The molecule has 2 N–H and O–H groups in total. The van der Waals surface area contributed by atoms with E-state index in [1.54, 1.807) is 0 Å². The molecule has 1 rings (SSSR count). The topological polar surface area (TPSA) is 83.8 Å². The molecule has 0 spiro atoms. The highest BCUT2D eigenvalue weighted by Gasteiger charge is 2.12. The van der Waals surface area contributed by atoms with Crippen molar-refractivity contribution in [2.45, 2.75) is 13.8 Å². The number of carbonyl (C=O) groups is 2. The Morgan fingerprint density at radius 1 is 1.29 bits per heavy atom. The number of carboxylic acids is 2. The zero-order valence-corrected chi connectivity index (χ0v) is 11.0. The molecule has 0 heterocycles. The van der Waals surface area contributed by atoms with E-state index in [4.69, 9.17) is 14.9 Å². The van der Waals surface area contributed by atoms with Crippen LogP contribution in [0.4, 0.5) is 0 Å². The lowest BCUT2D eigenvalue weighted by Crippen LogP contribution is -2.11. The minimum atomic E-state index is -1.16. The summed E-state index contributed by atoms with van der Waals surface area (Å²) in [7, 11) is 0. The Morgan fingerprint density at radius 3 is 2.35 bits per heavy atom. The van der Waals surface area contributed by atoms with E-state index >= 15 is 0 Å². The highest BCUT2D eigenvalue weighted by molar-refractivity contribution is 9.10. The van der Waals surface area contributed by atoms with Crippen LogP contribution in [0.1, 0.15) is 24.2 Å². The number of hydrogen-bond acceptors (Lipinski definition) is 3. The Kier molecular flexibility index (Phi) is 6.97. The molecule has 0 atom stereocenters. The first kappa shape index (κ1) is 15.4. The van der Waals surface area contributed by atoms with E-state index in [0.29, 0.717) is 4.47 Å². The summed E-state index contributed by atoms with van der Waals surface area (Å²) in [5, 5.41) is 17.2. The van der Waals surface area contributed by atoms with Gasteiger partial charge in [-0.25, -0.2) is 9.59 Å². The lowest BCUT2D eigenvalue weighted by Gasteiger charge is -2.06. The second kappa shape index (κ2) is 7.67. The first-order valence-corrected chi connectivity index (χ1v) is 5.67. The summed E-state index contributed by atoms with van der Waals surface area (Å²) in [6.45, 7) is 3.43. The SMILES string of the molecule is CC.O=C(O)COc1cc(Br)ccc1C(=O)O. The normalized spacial score (nSPS) is 8.88. The zero-order chi connectivity index (χ0) is 13.4. The van der Waals surface area contributed by atoms with Gasteiger partial charge >= 0.3 is 11.9 Å². The summed E-state index contributed by atoms with van der Waals surface area (Å²) < 4.78 is 5.45. The van der Waals surface area contributed by atoms with Crippen LogP contribution < -0.4 is 4.74 Å². The van der Waals surface area contributed by atoms with Gasteiger partial charge in [0, 0.05) is 4.47 Å². The number of benzene rings is 1. The molecule has 0 amide bonds. The van der Waals surface area contributed by atoms with E-state index in [-0.39, 0.29) is 11.3 Å². The van der Waals surface area contributed by atoms with Crippen molar-refractivity contribution in [3.63, 3.8) is 0 Å². The Bertz CT molecular complexity index is 403. The smallest absolute Gasteiger partial charge is 0.341 e. The number of aromatic carboxylic acids is 1. The minimum Gasteiger partial charge on any atom is -0.481 e. The molecule has 0 aliphatic carbocycles. The van der Waals surface area contributed by atoms with Crippen molar-refractivity contribution in [2.24, 2.45) is 0 Å². The largest absolute Gasteiger partial charge is 0.481 e. The molecular weight excluding hydrogens is 292 g/mol. The summed E-state index contributed by atoms with van der Waals surface area (Å²) in [4.78, 5) is 21.0. The average Bonchev–Trinajstić information content (AvgIpc) is 2.28. The quantitative estimate of drug-likeness (QED) is 0.893. The molecule has 0 unspecified atom stereocenters. The van der Waals surface area contributed by atoms with Crippen LogP contribution >= 0.6 is 15.9 Å². The molecule has 5 nitrogen and oxygen atoms in total. The lowest BCUT2D eigenvalue weighted by atomic mass is 10.2. The van der Waals surface area contributed by atoms with Gasteiger partial charge in [0.25, 0.3) is 0 Å². The molecular formula is C11H13BrO5. The summed E-state index contributed by atoms with van der Waals surface area (Å²) >= 11 is 3.13. The number of carboxylic acid groups (broad SMARTS) is 2. The number of hydrogen-bond donors (Lipinski definition) is 2. The van der Waals surface area contributed by atoms with Gasteiger partial charge in [0.1, 0.15) is 11.3 Å². The van der Waals surface area contributed by atoms with E-state index in [2.05, 4.69) is 15.9 Å². The number of rotatable bonds is 4. The van der Waals surface area contributed by atoms with Crippen LogP contribution in [0, 0.1) is 0 Å². The summed E-state index contributed by atoms with van der Waals surface area (Å²) in [6.07, 6.45) is 0. The predicted octanol–water partition coefficient (Wildman–Crippen LogP) is 2.64. The van der Waals surface area contributed by atoms with Crippen molar-refractivity contribution in [3.8, 4) is 5.75 Å². The molecule has 1 aromatic carbocycles. The molecule has 0 aromatic heterocycles. The molecule has 1 aromatic rings. The summed E-state index contributed by atoms with van der Waals surface area (Å²) in [5.41, 5.74) is -0.0700. The second-order valence-electron chi connectivity index (χ2n) is 2.63. The maximum atomic E-state index is 10.7. The third kappa shape index (κ3) is 5.35. The van der Waals surface area contributed by atoms with Gasteiger partial charge in [0.05, 0.1) is 0 Å². The van der Waals surface area contributed by atoms with E-state index in [1.807, 2.05) is 13.8 Å². The van der Waals surface area contributed by atoms with Gasteiger partial charge in [0.15, 0.2) is 6.61 Å². The Hall–Kier alpha value is -1.56. The van der Waals surface area contributed by atoms with Gasteiger partial charge in [-0.2, -0.15) is 0 Å². The molecule has 0 aliphatic rings. The first-order valence-electron chi connectivity index (χ1n) is 4.88. The van der Waals surface area contributed by atoms with E-state index < -0.39 is 18.5 Å². The van der Waals surface area contributed by atoms with Gasteiger partial charge in [-0.15, -0.1) is 0 Å². The maximum Gasteiger partial charge on any atom is 0.341 e. The van der Waals surface area contributed by atoms with Crippen LogP contribution in [0.5, 0.6) is 5.75 Å². The first-order chi connectivity index (χ1) is 8.00. The Morgan fingerprint density at radius 2 is 1.88 bits per heavy atom. The Balaban J connectivity index is 0.00000121. The second-order valence-corrected chi connectivity index (χ2v) is 3.54. The molecule has 6 heteroatoms. The lowest BCUT2D eigenvalue weighted by molar-refractivity contribution is -0.139. The summed E-state index contributed by atoms with van der Waals surface area (Å²) in [6, 6.07) is 4.28. The standard InChI is InChI=1S/C9H7BrO5.C2H6/c10-5-1-2-6(9(13)14)7(3-5)15-4-8(11)12;1-2/h1-3H,4H2,(H,11,12)(H,13,14);1-2H3. The van der Waals surface area contributed by atoms with Crippen molar-refractivity contribution in [2.75, 3.05) is 6.61 Å². The van der Waals surface area contributed by atoms with E-state index in [9.17, 15) is 9.59 Å². The fourth-order valence-electron chi connectivity index (χ4n) is 0.932. The van der Waals surface area contributed by atoms with Crippen molar-refractivity contribution >= 4 is 27.9 Å². The van der Waals surface area contributed by atoms with Crippen LogP contribution in [0.2, 0.25) is 0 Å². The van der Waals surface area contributed by atoms with Crippen LogP contribution in [0.15, 0.2) is 22.7 Å².